The fraction of sp³-hybridized carbons (Fsp3) is 0.541. The average Bonchev–Trinajstić information content (AvgIpc) is 3.35. The van der Waals surface area contributed by atoms with Crippen molar-refractivity contribution in [3.8, 4) is 0 Å². The molecular formula is C37H49F3N4O8S. The molecule has 3 atom stereocenters. The quantitative estimate of drug-likeness (QED) is 0.137. The zero-order valence-corrected chi connectivity index (χ0v) is 31.7. The lowest BCUT2D eigenvalue weighted by Gasteiger charge is -2.50. The van der Waals surface area contributed by atoms with Gasteiger partial charge in [-0.2, -0.15) is 21.6 Å². The summed E-state index contributed by atoms with van der Waals surface area (Å²) in [4.78, 5) is 38.7. The Bertz CT molecular complexity index is 1950. The topological polar surface area (TPSA) is 151 Å². The molecule has 1 aromatic heterocycles. The van der Waals surface area contributed by atoms with Gasteiger partial charge >= 0.3 is 33.5 Å². The van der Waals surface area contributed by atoms with Crippen LogP contribution in [0, 0.1) is 5.41 Å². The van der Waals surface area contributed by atoms with Crippen LogP contribution in [0.25, 0.3) is 11.1 Å². The van der Waals surface area contributed by atoms with Gasteiger partial charge in [-0.05, 0) is 86.6 Å². The molecule has 292 valence electrons. The monoisotopic (exact) mass is 766 g/mol. The number of piperidine rings is 1. The molecule has 1 unspecified atom stereocenters. The SMILES string of the molecule is CC(C)(C)[C@@]1(C)CC(OS(=O)(=O)C(F)(F)F)=CCN1C(=O)O.C[C@@H]1CC(c2ccc3c(c2)oc(=O)n3C)CCN1C(=O)NCCCCc1ccccc1. The normalized spacial score (nSPS) is 21.0. The maximum absolute atomic E-state index is 12.7. The molecule has 0 aliphatic carbocycles. The highest BCUT2D eigenvalue weighted by atomic mass is 32.2. The second-order valence-corrected chi connectivity index (χ2v) is 16.4. The first-order valence-corrected chi connectivity index (χ1v) is 18.9. The molecule has 1 saturated heterocycles. The van der Waals surface area contributed by atoms with E-state index in [0.29, 0.717) is 18.0 Å². The van der Waals surface area contributed by atoms with Crippen LogP contribution in [0.15, 0.2) is 69.6 Å². The smallest absolute Gasteiger partial charge is 0.465 e. The highest BCUT2D eigenvalue weighted by molar-refractivity contribution is 7.87. The number of alkyl halides is 3. The number of aromatic nitrogens is 1. The van der Waals surface area contributed by atoms with Gasteiger partial charge in [0.15, 0.2) is 5.58 Å². The molecule has 2 aliphatic heterocycles. The molecule has 5 rings (SSSR count). The second-order valence-electron chi connectivity index (χ2n) is 14.8. The van der Waals surface area contributed by atoms with Gasteiger partial charge < -0.3 is 23.9 Å². The minimum Gasteiger partial charge on any atom is -0.465 e. The summed E-state index contributed by atoms with van der Waals surface area (Å²) in [5, 5.41) is 12.3. The molecule has 53 heavy (non-hydrogen) atoms. The predicted molar refractivity (Wildman–Crippen MR) is 194 cm³/mol. The van der Waals surface area contributed by atoms with E-state index in [1.807, 2.05) is 23.1 Å². The van der Waals surface area contributed by atoms with Crippen molar-refractivity contribution in [3.63, 3.8) is 0 Å². The van der Waals surface area contributed by atoms with Crippen LogP contribution >= 0.6 is 0 Å². The second kappa shape index (κ2) is 16.3. The molecule has 3 amide bonds. The van der Waals surface area contributed by atoms with Gasteiger partial charge in [0.05, 0.1) is 11.1 Å². The van der Waals surface area contributed by atoms with Gasteiger partial charge in [-0.25, -0.2) is 14.4 Å². The van der Waals surface area contributed by atoms with Crippen molar-refractivity contribution in [1.29, 1.82) is 0 Å². The van der Waals surface area contributed by atoms with E-state index in [1.165, 1.54) is 22.6 Å². The molecule has 16 heteroatoms. The minimum absolute atomic E-state index is 0.0372. The molecule has 12 nitrogen and oxygen atoms in total. The van der Waals surface area contributed by atoms with Gasteiger partial charge in [-0.15, -0.1) is 0 Å². The van der Waals surface area contributed by atoms with Crippen molar-refractivity contribution in [2.45, 2.75) is 96.2 Å². The van der Waals surface area contributed by atoms with Gasteiger partial charge in [0, 0.05) is 39.1 Å². The molecule has 2 aromatic carbocycles. The number of carbonyl (C=O) groups is 2. The van der Waals surface area contributed by atoms with E-state index in [0.717, 1.165) is 55.1 Å². The standard InChI is InChI=1S/C25H31N3O3.C12H18F3NO5S/c1-18-16-21(20-11-12-22-23(17-20)31-25(30)27(22)2)13-15-28(18)24(29)26-14-7-6-10-19-8-4-3-5-9-19;1-10(2,3)11(4)7-8(5-6-16(11)9(17)18)21-22(19,20)12(13,14)15/h3-5,8-9,11-12,17-18,21H,6-7,10,13-16H2,1-2H3,(H,26,29);5H,6-7H2,1-4H3,(H,17,18)/t18-,21?;11-/m11/s1. The van der Waals surface area contributed by atoms with Crippen molar-refractivity contribution in [1.82, 2.24) is 19.7 Å². The molecular weight excluding hydrogens is 717 g/mol. The summed E-state index contributed by atoms with van der Waals surface area (Å²) in [7, 11) is -4.05. The van der Waals surface area contributed by atoms with Crippen LogP contribution in [-0.4, -0.2) is 76.7 Å². The first-order chi connectivity index (χ1) is 24.6. The largest absolute Gasteiger partial charge is 0.534 e. The van der Waals surface area contributed by atoms with Crippen LogP contribution in [0.3, 0.4) is 0 Å². The summed E-state index contributed by atoms with van der Waals surface area (Å²) in [5.74, 6) is -0.386. The first-order valence-electron chi connectivity index (χ1n) is 17.5. The fourth-order valence-corrected chi connectivity index (χ4v) is 7.19. The molecule has 0 spiro atoms. The molecule has 0 radical (unpaired) electrons. The Morgan fingerprint density at radius 3 is 2.38 bits per heavy atom. The number of hydrogen-bond acceptors (Lipinski definition) is 7. The number of carboxylic acid groups (broad SMARTS) is 1. The number of nitrogens with one attached hydrogen (secondary N) is 1. The summed E-state index contributed by atoms with van der Waals surface area (Å²) in [6.07, 6.45) is 4.42. The van der Waals surface area contributed by atoms with Crippen LogP contribution in [0.1, 0.15) is 83.8 Å². The van der Waals surface area contributed by atoms with Crippen molar-refractivity contribution >= 4 is 33.3 Å². The molecule has 0 saturated carbocycles. The van der Waals surface area contributed by atoms with Gasteiger partial charge in [-0.3, -0.25) is 9.47 Å². The van der Waals surface area contributed by atoms with E-state index in [9.17, 15) is 41.1 Å². The summed E-state index contributed by atoms with van der Waals surface area (Å²) in [5.41, 5.74) is -3.35. The number of amides is 3. The Hall–Kier alpha value is -4.47. The Morgan fingerprint density at radius 2 is 1.77 bits per heavy atom. The lowest BCUT2D eigenvalue weighted by atomic mass is 9.70. The van der Waals surface area contributed by atoms with Crippen molar-refractivity contribution < 1.29 is 44.9 Å². The van der Waals surface area contributed by atoms with E-state index in [1.54, 1.807) is 27.8 Å². The number of carbonyl (C=O) groups excluding carboxylic acids is 1. The third kappa shape index (κ3) is 9.75. The maximum atomic E-state index is 12.7. The summed E-state index contributed by atoms with van der Waals surface area (Å²) in [6, 6.07) is 16.7. The number of benzene rings is 2. The number of halogens is 3. The number of unbranched alkanes of at least 4 members (excludes halogenated alkanes) is 1. The van der Waals surface area contributed by atoms with Crippen molar-refractivity contribution in [2.24, 2.45) is 12.5 Å². The molecule has 2 aliphatic rings. The number of urea groups is 1. The molecule has 2 N–H and O–H groups in total. The Kier molecular flexibility index (Phi) is 12.7. The van der Waals surface area contributed by atoms with E-state index in [-0.39, 0.29) is 30.8 Å². The third-order valence-corrected chi connectivity index (χ3v) is 11.4. The predicted octanol–water partition coefficient (Wildman–Crippen LogP) is 7.36. The van der Waals surface area contributed by atoms with Gasteiger partial charge in [0.2, 0.25) is 0 Å². The fourth-order valence-electron chi connectivity index (χ4n) is 6.69. The first kappa shape index (κ1) is 41.3. The summed E-state index contributed by atoms with van der Waals surface area (Å²) in [6.45, 7) is 9.98. The van der Waals surface area contributed by atoms with E-state index in [2.05, 4.69) is 46.8 Å². The van der Waals surface area contributed by atoms with Crippen LogP contribution in [0.4, 0.5) is 22.8 Å². The Morgan fingerprint density at radius 1 is 1.09 bits per heavy atom. The number of aryl methyl sites for hydroxylation is 2. The Labute approximate surface area is 307 Å². The number of rotatable bonds is 8. The van der Waals surface area contributed by atoms with Crippen LogP contribution < -0.4 is 11.1 Å². The van der Waals surface area contributed by atoms with Crippen LogP contribution in [0.2, 0.25) is 0 Å². The van der Waals surface area contributed by atoms with Gasteiger partial charge in [0.25, 0.3) is 0 Å². The minimum atomic E-state index is -5.77. The van der Waals surface area contributed by atoms with Gasteiger partial charge in [0.1, 0.15) is 5.76 Å². The van der Waals surface area contributed by atoms with E-state index < -0.39 is 38.4 Å². The molecule has 1 fully saturated rings. The average molecular weight is 767 g/mol. The molecule has 3 aromatic rings. The van der Waals surface area contributed by atoms with Gasteiger partial charge in [-0.1, -0.05) is 57.2 Å². The van der Waals surface area contributed by atoms with Crippen LogP contribution in [0.5, 0.6) is 0 Å². The summed E-state index contributed by atoms with van der Waals surface area (Å²) < 4.78 is 70.3. The van der Waals surface area contributed by atoms with Crippen LogP contribution in [-0.2, 0) is 27.8 Å². The third-order valence-electron chi connectivity index (χ3n) is 10.4. The zero-order valence-electron chi connectivity index (χ0n) is 30.9. The number of oxazole rings is 1. The number of likely N-dealkylation sites (tertiary alicyclic amines) is 1. The highest BCUT2D eigenvalue weighted by Gasteiger charge is 2.52. The zero-order chi connectivity index (χ0) is 39.4. The maximum Gasteiger partial charge on any atom is 0.534 e. The highest BCUT2D eigenvalue weighted by Crippen LogP contribution is 2.44. The number of nitrogens with zero attached hydrogens (tertiary/aromatic N) is 3. The van der Waals surface area contributed by atoms with Crippen molar-refractivity contribution in [3.05, 3.63) is 82.0 Å². The van der Waals surface area contributed by atoms with E-state index in [4.69, 9.17) is 4.42 Å². The lowest BCUT2D eigenvalue weighted by Crippen LogP contribution is -2.59. The Balaban J connectivity index is 0.000000253. The van der Waals surface area contributed by atoms with Crippen molar-refractivity contribution in [2.75, 3.05) is 19.6 Å². The lowest BCUT2D eigenvalue weighted by molar-refractivity contribution is -0.0539. The number of hydrogen-bond donors (Lipinski definition) is 2. The molecule has 0 bridgehead atoms. The summed E-state index contributed by atoms with van der Waals surface area (Å²) >= 11 is 0. The van der Waals surface area contributed by atoms with E-state index >= 15 is 0 Å². The molecule has 3 heterocycles. The number of fused-ring (bicyclic) bond motifs is 1.